The van der Waals surface area contributed by atoms with E-state index in [1.54, 1.807) is 0 Å². The normalized spacial score (nSPS) is 29.4. The lowest BCUT2D eigenvalue weighted by Gasteiger charge is -2.26. The SMILES string of the molecule is CC(C)CS(=O)(=O)C1CCCC(N)C1. The molecule has 0 heterocycles. The summed E-state index contributed by atoms with van der Waals surface area (Å²) in [5.41, 5.74) is 5.79. The van der Waals surface area contributed by atoms with E-state index in [4.69, 9.17) is 5.73 Å². The van der Waals surface area contributed by atoms with Gasteiger partial charge >= 0.3 is 0 Å². The minimum atomic E-state index is -2.90. The highest BCUT2D eigenvalue weighted by molar-refractivity contribution is 7.92. The number of sulfone groups is 1. The molecule has 1 rings (SSSR count). The summed E-state index contributed by atoms with van der Waals surface area (Å²) >= 11 is 0. The topological polar surface area (TPSA) is 60.2 Å². The Morgan fingerprint density at radius 1 is 1.36 bits per heavy atom. The third-order valence-electron chi connectivity index (χ3n) is 2.74. The number of hydrogen-bond donors (Lipinski definition) is 1. The first-order valence-corrected chi connectivity index (χ1v) is 7.10. The van der Waals surface area contributed by atoms with E-state index in [0.29, 0.717) is 12.2 Å². The van der Waals surface area contributed by atoms with Crippen LogP contribution in [0, 0.1) is 5.92 Å². The first kappa shape index (κ1) is 12.0. The van der Waals surface area contributed by atoms with Crippen molar-refractivity contribution < 1.29 is 8.42 Å². The quantitative estimate of drug-likeness (QED) is 0.779. The highest BCUT2D eigenvalue weighted by atomic mass is 32.2. The Morgan fingerprint density at radius 2 is 2.00 bits per heavy atom. The van der Waals surface area contributed by atoms with E-state index >= 15 is 0 Å². The molecule has 14 heavy (non-hydrogen) atoms. The minimum absolute atomic E-state index is 0.0932. The predicted molar refractivity (Wildman–Crippen MR) is 58.9 cm³/mol. The van der Waals surface area contributed by atoms with Crippen molar-refractivity contribution in [2.75, 3.05) is 5.75 Å². The fourth-order valence-electron chi connectivity index (χ4n) is 2.11. The van der Waals surface area contributed by atoms with Gasteiger partial charge in [0.2, 0.25) is 0 Å². The van der Waals surface area contributed by atoms with E-state index in [-0.39, 0.29) is 17.2 Å². The first-order chi connectivity index (χ1) is 6.42. The van der Waals surface area contributed by atoms with Crippen LogP contribution in [0.1, 0.15) is 39.5 Å². The zero-order chi connectivity index (χ0) is 10.8. The van der Waals surface area contributed by atoms with Crippen LogP contribution in [0.25, 0.3) is 0 Å². The van der Waals surface area contributed by atoms with Gasteiger partial charge in [-0.1, -0.05) is 20.3 Å². The van der Waals surface area contributed by atoms with Gasteiger partial charge in [0.05, 0.1) is 11.0 Å². The summed E-state index contributed by atoms with van der Waals surface area (Å²) in [5.74, 6) is 0.530. The van der Waals surface area contributed by atoms with Crippen molar-refractivity contribution in [1.82, 2.24) is 0 Å². The van der Waals surface area contributed by atoms with Gasteiger partial charge in [-0.05, 0) is 25.2 Å². The van der Waals surface area contributed by atoms with Gasteiger partial charge < -0.3 is 5.73 Å². The second kappa shape index (κ2) is 4.62. The Hall–Kier alpha value is -0.0900. The predicted octanol–water partition coefficient (Wildman–Crippen LogP) is 1.33. The molecule has 2 unspecified atom stereocenters. The Balaban J connectivity index is 2.62. The number of nitrogens with two attached hydrogens (primary N) is 1. The Kier molecular flexibility index (Phi) is 3.95. The molecule has 1 aliphatic rings. The van der Waals surface area contributed by atoms with Crippen LogP contribution < -0.4 is 5.73 Å². The number of hydrogen-bond acceptors (Lipinski definition) is 3. The highest BCUT2D eigenvalue weighted by Crippen LogP contribution is 2.24. The van der Waals surface area contributed by atoms with Crippen LogP contribution >= 0.6 is 0 Å². The second-order valence-corrected chi connectivity index (χ2v) is 7.10. The summed E-state index contributed by atoms with van der Waals surface area (Å²) in [4.78, 5) is 0. The molecule has 84 valence electrons. The Labute approximate surface area is 87.0 Å². The minimum Gasteiger partial charge on any atom is -0.328 e. The maximum atomic E-state index is 11.9. The fraction of sp³-hybridized carbons (Fsp3) is 1.00. The molecule has 2 N–H and O–H groups in total. The maximum Gasteiger partial charge on any atom is 0.153 e. The molecule has 0 aromatic heterocycles. The maximum absolute atomic E-state index is 11.9. The first-order valence-electron chi connectivity index (χ1n) is 5.39. The van der Waals surface area contributed by atoms with Crippen LogP contribution in [-0.2, 0) is 9.84 Å². The van der Waals surface area contributed by atoms with Crippen molar-refractivity contribution in [1.29, 1.82) is 0 Å². The van der Waals surface area contributed by atoms with Crippen LogP contribution in [0.5, 0.6) is 0 Å². The van der Waals surface area contributed by atoms with Crippen molar-refractivity contribution in [3.8, 4) is 0 Å². The van der Waals surface area contributed by atoms with E-state index in [9.17, 15) is 8.42 Å². The molecule has 0 aliphatic heterocycles. The molecule has 0 bridgehead atoms. The lowest BCUT2D eigenvalue weighted by molar-refractivity contribution is 0.431. The average Bonchev–Trinajstić information content (AvgIpc) is 2.01. The van der Waals surface area contributed by atoms with Crippen LogP contribution in [0.4, 0.5) is 0 Å². The zero-order valence-corrected chi connectivity index (χ0v) is 9.89. The third kappa shape index (κ3) is 3.24. The largest absolute Gasteiger partial charge is 0.328 e. The lowest BCUT2D eigenvalue weighted by atomic mass is 9.96. The van der Waals surface area contributed by atoms with Gasteiger partial charge in [0.25, 0.3) is 0 Å². The van der Waals surface area contributed by atoms with E-state index in [2.05, 4.69) is 0 Å². The van der Waals surface area contributed by atoms with E-state index in [1.807, 2.05) is 13.8 Å². The lowest BCUT2D eigenvalue weighted by Crippen LogP contribution is -2.37. The fourth-order valence-corrected chi connectivity index (χ4v) is 4.38. The summed E-state index contributed by atoms with van der Waals surface area (Å²) in [6.07, 6.45) is 3.41. The summed E-state index contributed by atoms with van der Waals surface area (Å²) in [5, 5.41) is -0.173. The molecule has 0 amide bonds. The smallest absolute Gasteiger partial charge is 0.153 e. The molecule has 1 fully saturated rings. The summed E-state index contributed by atoms with van der Waals surface area (Å²) in [6.45, 7) is 3.89. The average molecular weight is 219 g/mol. The summed E-state index contributed by atoms with van der Waals surface area (Å²) in [7, 11) is -2.90. The molecular formula is C10H21NO2S. The van der Waals surface area contributed by atoms with E-state index < -0.39 is 9.84 Å². The summed E-state index contributed by atoms with van der Waals surface area (Å²) in [6, 6.07) is 0.0932. The van der Waals surface area contributed by atoms with Crippen molar-refractivity contribution >= 4 is 9.84 Å². The monoisotopic (exact) mass is 219 g/mol. The standard InChI is InChI=1S/C10H21NO2S/c1-8(2)7-14(12,13)10-5-3-4-9(11)6-10/h8-10H,3-7,11H2,1-2H3. The molecule has 2 atom stereocenters. The van der Waals surface area contributed by atoms with Gasteiger partial charge in [-0.2, -0.15) is 0 Å². The number of rotatable bonds is 3. The molecule has 0 radical (unpaired) electrons. The van der Waals surface area contributed by atoms with Gasteiger partial charge in [0, 0.05) is 6.04 Å². The van der Waals surface area contributed by atoms with E-state index in [1.165, 1.54) is 0 Å². The zero-order valence-electron chi connectivity index (χ0n) is 9.07. The Bertz CT molecular complexity index is 272. The molecule has 0 aromatic rings. The van der Waals surface area contributed by atoms with Crippen LogP contribution in [0.15, 0.2) is 0 Å². The Morgan fingerprint density at radius 3 is 2.50 bits per heavy atom. The van der Waals surface area contributed by atoms with Gasteiger partial charge in [-0.25, -0.2) is 8.42 Å². The van der Waals surface area contributed by atoms with Gasteiger partial charge in [0.1, 0.15) is 0 Å². The van der Waals surface area contributed by atoms with Crippen LogP contribution in [0.3, 0.4) is 0 Å². The van der Waals surface area contributed by atoms with Gasteiger partial charge in [0.15, 0.2) is 9.84 Å². The second-order valence-electron chi connectivity index (χ2n) is 4.77. The van der Waals surface area contributed by atoms with Crippen molar-refractivity contribution in [2.24, 2.45) is 11.7 Å². The summed E-state index contributed by atoms with van der Waals surface area (Å²) < 4.78 is 23.8. The molecule has 1 saturated carbocycles. The highest BCUT2D eigenvalue weighted by Gasteiger charge is 2.30. The van der Waals surface area contributed by atoms with Crippen molar-refractivity contribution in [3.05, 3.63) is 0 Å². The molecule has 4 heteroatoms. The van der Waals surface area contributed by atoms with Crippen molar-refractivity contribution in [2.45, 2.75) is 50.8 Å². The van der Waals surface area contributed by atoms with E-state index in [0.717, 1.165) is 19.3 Å². The van der Waals surface area contributed by atoms with Crippen molar-refractivity contribution in [3.63, 3.8) is 0 Å². The van der Waals surface area contributed by atoms with Gasteiger partial charge in [-0.3, -0.25) is 0 Å². The molecule has 3 nitrogen and oxygen atoms in total. The van der Waals surface area contributed by atoms with Crippen LogP contribution in [0.2, 0.25) is 0 Å². The molecular weight excluding hydrogens is 198 g/mol. The third-order valence-corrected chi connectivity index (χ3v) is 5.32. The molecule has 0 spiro atoms. The molecule has 0 aromatic carbocycles. The molecule has 1 aliphatic carbocycles. The molecule has 0 saturated heterocycles. The van der Waals surface area contributed by atoms with Gasteiger partial charge in [-0.15, -0.1) is 0 Å². The van der Waals surface area contributed by atoms with Crippen LogP contribution in [-0.4, -0.2) is 25.5 Å².